The Kier molecular flexibility index (Phi) is 4.06. The Balaban J connectivity index is 3.19. The van der Waals surface area contributed by atoms with Crippen LogP contribution in [-0.2, 0) is 19.6 Å². The molecule has 4 nitrogen and oxygen atoms in total. The monoisotopic (exact) mass is 254 g/mol. The zero-order valence-electron chi connectivity index (χ0n) is 7.40. The summed E-state index contributed by atoms with van der Waals surface area (Å²) in [5.41, 5.74) is 0.689. The van der Waals surface area contributed by atoms with Crippen LogP contribution in [0.25, 0.3) is 0 Å². The van der Waals surface area contributed by atoms with Crippen LogP contribution in [0.5, 0.6) is 0 Å². The van der Waals surface area contributed by atoms with E-state index < -0.39 is 17.0 Å². The van der Waals surface area contributed by atoms with Crippen LogP contribution in [0, 0.1) is 6.92 Å². The second-order valence-corrected chi connectivity index (χ2v) is 4.63. The first kappa shape index (κ1) is 11.6. The van der Waals surface area contributed by atoms with E-state index in [-0.39, 0.29) is 9.77 Å². The molecule has 0 saturated heterocycles. The Labute approximate surface area is 92.6 Å². The summed E-state index contributed by atoms with van der Waals surface area (Å²) >= 11 is 4.30. The Bertz CT molecular complexity index is 374. The molecule has 1 aromatic rings. The molecule has 0 radical (unpaired) electrons. The van der Waals surface area contributed by atoms with Crippen LogP contribution in [0.4, 0.5) is 0 Å². The minimum absolute atomic E-state index is 0.254. The van der Waals surface area contributed by atoms with Gasteiger partial charge in [-0.3, -0.25) is 0 Å². The molecule has 0 spiro atoms. The van der Waals surface area contributed by atoms with Crippen LogP contribution in [0.1, 0.15) is 15.2 Å². The number of rotatable bonds is 3. The second-order valence-electron chi connectivity index (χ2n) is 2.37. The second kappa shape index (κ2) is 4.88. The van der Waals surface area contributed by atoms with E-state index >= 15 is 0 Å². The molecule has 1 heterocycles. The minimum Gasteiger partial charge on any atom is -0.465 e. The number of hydrogen-bond donors (Lipinski definition) is 0. The van der Waals surface area contributed by atoms with Crippen LogP contribution in [-0.4, -0.2) is 17.3 Å². The van der Waals surface area contributed by atoms with E-state index in [4.69, 9.17) is 11.9 Å². The number of halogens is 1. The van der Waals surface area contributed by atoms with Crippen molar-refractivity contribution < 1.29 is 17.5 Å². The topological polar surface area (TPSA) is 52.6 Å². The third-order valence-electron chi connectivity index (χ3n) is 1.51. The quantitative estimate of drug-likeness (QED) is 0.775. The molecule has 0 bridgehead atoms. The van der Waals surface area contributed by atoms with Crippen molar-refractivity contribution in [1.82, 2.24) is 0 Å². The first-order valence-corrected chi connectivity index (χ1v) is 5.75. The number of methoxy groups -OCH3 is 1. The SMILES string of the molecule is COC(=O)c1scc(C)c1S(=O)OCl. The van der Waals surface area contributed by atoms with Gasteiger partial charge in [-0.2, -0.15) is 3.74 Å². The maximum atomic E-state index is 11.3. The highest BCUT2D eigenvalue weighted by Gasteiger charge is 2.22. The van der Waals surface area contributed by atoms with E-state index in [1.165, 1.54) is 7.11 Å². The highest BCUT2D eigenvalue weighted by molar-refractivity contribution is 7.81. The van der Waals surface area contributed by atoms with Gasteiger partial charge in [-0.05, 0) is 17.9 Å². The molecule has 0 aliphatic heterocycles. The summed E-state index contributed by atoms with van der Waals surface area (Å²) in [5, 5.41) is 1.69. The number of thiophene rings is 1. The van der Waals surface area contributed by atoms with E-state index in [2.05, 4.69) is 8.47 Å². The van der Waals surface area contributed by atoms with Crippen molar-refractivity contribution in [2.45, 2.75) is 11.8 Å². The summed E-state index contributed by atoms with van der Waals surface area (Å²) in [6, 6.07) is 0. The molecule has 14 heavy (non-hydrogen) atoms. The fourth-order valence-electron chi connectivity index (χ4n) is 0.906. The van der Waals surface area contributed by atoms with Gasteiger partial charge in [0.1, 0.15) is 4.88 Å². The van der Waals surface area contributed by atoms with Gasteiger partial charge in [-0.1, -0.05) is 0 Å². The smallest absolute Gasteiger partial charge is 0.349 e. The van der Waals surface area contributed by atoms with E-state index in [0.717, 1.165) is 11.3 Å². The normalized spacial score (nSPS) is 12.5. The Hall–Kier alpha value is -0.430. The van der Waals surface area contributed by atoms with Gasteiger partial charge in [-0.25, -0.2) is 9.00 Å². The summed E-state index contributed by atoms with van der Waals surface area (Å²) in [7, 11) is 1.26. The van der Waals surface area contributed by atoms with Crippen molar-refractivity contribution in [3.63, 3.8) is 0 Å². The summed E-state index contributed by atoms with van der Waals surface area (Å²) in [6.07, 6.45) is 0. The van der Waals surface area contributed by atoms with E-state index in [9.17, 15) is 9.00 Å². The fraction of sp³-hybridized carbons (Fsp3) is 0.286. The molecule has 1 aromatic heterocycles. The maximum absolute atomic E-state index is 11.3. The molecule has 0 aliphatic carbocycles. The highest BCUT2D eigenvalue weighted by atomic mass is 35.5. The lowest BCUT2D eigenvalue weighted by molar-refractivity contribution is 0.0602. The number of esters is 1. The van der Waals surface area contributed by atoms with Gasteiger partial charge < -0.3 is 4.74 Å². The predicted molar refractivity (Wildman–Crippen MR) is 53.7 cm³/mol. The molecule has 1 atom stereocenters. The standard InChI is InChI=1S/C7H7ClO4S2/c1-4-3-13-5(7(9)11-2)6(4)14(10)12-8/h3H,1-2H3. The molecule has 7 heteroatoms. The summed E-state index contributed by atoms with van der Waals surface area (Å²) in [6.45, 7) is 1.71. The lowest BCUT2D eigenvalue weighted by atomic mass is 10.3. The predicted octanol–water partition coefficient (Wildman–Crippen LogP) is 2.04. The number of hydrogen-bond acceptors (Lipinski definition) is 5. The van der Waals surface area contributed by atoms with Crippen molar-refractivity contribution >= 4 is 40.3 Å². The first-order valence-electron chi connectivity index (χ1n) is 3.49. The van der Waals surface area contributed by atoms with Gasteiger partial charge in [0.05, 0.1) is 23.9 Å². The van der Waals surface area contributed by atoms with Gasteiger partial charge in [0.2, 0.25) is 11.1 Å². The Morgan fingerprint density at radius 2 is 2.29 bits per heavy atom. The van der Waals surface area contributed by atoms with Crippen molar-refractivity contribution in [3.05, 3.63) is 15.8 Å². The molecule has 0 aliphatic rings. The molecule has 0 amide bonds. The van der Waals surface area contributed by atoms with Gasteiger partial charge in [0.15, 0.2) is 0 Å². The zero-order chi connectivity index (χ0) is 10.7. The fourth-order valence-corrected chi connectivity index (χ4v) is 3.00. The molecular weight excluding hydrogens is 248 g/mol. The van der Waals surface area contributed by atoms with Gasteiger partial charge in [0.25, 0.3) is 0 Å². The molecule has 78 valence electrons. The largest absolute Gasteiger partial charge is 0.465 e. The Morgan fingerprint density at radius 3 is 2.79 bits per heavy atom. The summed E-state index contributed by atoms with van der Waals surface area (Å²) < 4.78 is 20.0. The zero-order valence-corrected chi connectivity index (χ0v) is 9.79. The van der Waals surface area contributed by atoms with Crippen molar-refractivity contribution in [2.24, 2.45) is 0 Å². The van der Waals surface area contributed by atoms with Gasteiger partial charge in [0, 0.05) is 0 Å². The summed E-state index contributed by atoms with van der Waals surface area (Å²) in [5.74, 6) is -0.542. The number of carbonyl (C=O) groups excluding carboxylic acids is 1. The van der Waals surface area contributed by atoms with Crippen molar-refractivity contribution in [1.29, 1.82) is 0 Å². The van der Waals surface area contributed by atoms with Crippen LogP contribution in [0.2, 0.25) is 0 Å². The average Bonchev–Trinajstić information content (AvgIpc) is 2.58. The molecule has 0 aromatic carbocycles. The van der Waals surface area contributed by atoms with E-state index in [1.54, 1.807) is 12.3 Å². The molecule has 1 rings (SSSR count). The maximum Gasteiger partial charge on any atom is 0.349 e. The van der Waals surface area contributed by atoms with Crippen LogP contribution in [0.3, 0.4) is 0 Å². The van der Waals surface area contributed by atoms with Crippen LogP contribution < -0.4 is 0 Å². The van der Waals surface area contributed by atoms with Crippen LogP contribution >= 0.6 is 23.2 Å². The number of ether oxygens (including phenoxy) is 1. The highest BCUT2D eigenvalue weighted by Crippen LogP contribution is 2.27. The van der Waals surface area contributed by atoms with E-state index in [0.29, 0.717) is 5.56 Å². The minimum atomic E-state index is -1.83. The molecule has 1 unspecified atom stereocenters. The average molecular weight is 255 g/mol. The summed E-state index contributed by atoms with van der Waals surface area (Å²) in [4.78, 5) is 11.8. The molecule has 0 saturated carbocycles. The van der Waals surface area contributed by atoms with E-state index in [1.807, 2.05) is 0 Å². The first-order chi connectivity index (χ1) is 6.61. The third kappa shape index (κ3) is 2.14. The number of aryl methyl sites for hydroxylation is 1. The van der Waals surface area contributed by atoms with Gasteiger partial charge in [-0.15, -0.1) is 11.3 Å². The van der Waals surface area contributed by atoms with Crippen molar-refractivity contribution in [2.75, 3.05) is 7.11 Å². The lowest BCUT2D eigenvalue weighted by Crippen LogP contribution is -2.04. The third-order valence-corrected chi connectivity index (χ3v) is 4.04. The molecule has 0 fully saturated rings. The van der Waals surface area contributed by atoms with Crippen molar-refractivity contribution in [3.8, 4) is 0 Å². The number of carbonyl (C=O) groups is 1. The molecule has 0 N–H and O–H groups in total. The van der Waals surface area contributed by atoms with Gasteiger partial charge >= 0.3 is 5.97 Å². The molecular formula is C7H7ClO4S2. The lowest BCUT2D eigenvalue weighted by Gasteiger charge is -1.99. The van der Waals surface area contributed by atoms with Crippen LogP contribution in [0.15, 0.2) is 10.3 Å². The Morgan fingerprint density at radius 1 is 1.64 bits per heavy atom.